The Kier molecular flexibility index (Phi) is 3.37. The van der Waals surface area contributed by atoms with Gasteiger partial charge in [-0.15, -0.1) is 11.3 Å². The Morgan fingerprint density at radius 2 is 1.85 bits per heavy atom. The summed E-state index contributed by atoms with van der Waals surface area (Å²) in [6.45, 7) is 8.11. The van der Waals surface area contributed by atoms with Gasteiger partial charge < -0.3 is 0 Å². The minimum Gasteiger partial charge on any atom is -0.241 e. The van der Waals surface area contributed by atoms with Gasteiger partial charge in [0.1, 0.15) is 11.2 Å². The topological polar surface area (TPSA) is 25.8 Å². The van der Waals surface area contributed by atoms with Crippen LogP contribution in [-0.4, -0.2) is 9.97 Å². The molecule has 2 nitrogen and oxygen atoms in total. The summed E-state index contributed by atoms with van der Waals surface area (Å²) in [6, 6.07) is 0. The van der Waals surface area contributed by atoms with Crippen molar-refractivity contribution in [2.24, 2.45) is 0 Å². The van der Waals surface area contributed by atoms with E-state index < -0.39 is 0 Å². The van der Waals surface area contributed by atoms with Crippen molar-refractivity contribution in [1.29, 1.82) is 0 Å². The Morgan fingerprint density at radius 1 is 1.15 bits per heavy atom. The van der Waals surface area contributed by atoms with E-state index in [9.17, 15) is 0 Å². The van der Waals surface area contributed by atoms with Gasteiger partial charge in [-0.25, -0.2) is 9.97 Å². The van der Waals surface area contributed by atoms with Gasteiger partial charge >= 0.3 is 0 Å². The zero-order chi connectivity index (χ0) is 9.84. The van der Waals surface area contributed by atoms with Crippen molar-refractivity contribution in [3.8, 4) is 0 Å². The van der Waals surface area contributed by atoms with Crippen molar-refractivity contribution in [3.05, 3.63) is 23.0 Å². The van der Waals surface area contributed by atoms with Crippen LogP contribution in [0, 0.1) is 13.8 Å². The van der Waals surface area contributed by atoms with Crippen molar-refractivity contribution in [2.75, 3.05) is 0 Å². The summed E-state index contributed by atoms with van der Waals surface area (Å²) in [4.78, 5) is 9.40. The molecule has 0 atom stereocenters. The molecule has 0 unspecified atom stereocenters. The lowest BCUT2D eigenvalue weighted by Crippen LogP contribution is -1.83. The highest BCUT2D eigenvalue weighted by atomic mass is 32.1. The molecule has 2 rings (SSSR count). The summed E-state index contributed by atoms with van der Waals surface area (Å²) >= 11 is 1.68. The molecule has 0 amide bonds. The minimum atomic E-state index is 1.08. The molecule has 2 aromatic heterocycles. The van der Waals surface area contributed by atoms with Gasteiger partial charge in [-0.3, -0.25) is 0 Å². The van der Waals surface area contributed by atoms with Crippen molar-refractivity contribution < 1.29 is 0 Å². The number of rotatable bonds is 0. The maximum atomic E-state index is 4.17. The van der Waals surface area contributed by atoms with Gasteiger partial charge in [-0.05, 0) is 24.8 Å². The number of nitrogens with zero attached hydrogens (tertiary/aromatic N) is 2. The average molecular weight is 194 g/mol. The van der Waals surface area contributed by atoms with Crippen LogP contribution in [0.5, 0.6) is 0 Å². The Labute approximate surface area is 82.7 Å². The van der Waals surface area contributed by atoms with Crippen molar-refractivity contribution in [1.82, 2.24) is 9.97 Å². The van der Waals surface area contributed by atoms with E-state index in [0.29, 0.717) is 0 Å². The smallest absolute Gasteiger partial charge is 0.127 e. The largest absolute Gasteiger partial charge is 0.241 e. The second kappa shape index (κ2) is 4.33. The monoisotopic (exact) mass is 194 g/mol. The van der Waals surface area contributed by atoms with Crippen LogP contribution in [0.25, 0.3) is 10.2 Å². The van der Waals surface area contributed by atoms with Crippen LogP contribution in [0.15, 0.2) is 11.7 Å². The fourth-order valence-corrected chi connectivity index (χ4v) is 2.14. The molecular weight excluding hydrogens is 180 g/mol. The minimum absolute atomic E-state index is 1.08. The zero-order valence-corrected chi connectivity index (χ0v) is 9.27. The molecule has 70 valence electrons. The maximum absolute atomic E-state index is 4.17. The number of fused-ring (bicyclic) bond motifs is 1. The van der Waals surface area contributed by atoms with Crippen molar-refractivity contribution in [3.63, 3.8) is 0 Å². The van der Waals surface area contributed by atoms with Crippen LogP contribution < -0.4 is 0 Å². The molecule has 3 heteroatoms. The third-order valence-corrected chi connectivity index (χ3v) is 2.75. The number of aromatic nitrogens is 2. The lowest BCUT2D eigenvalue weighted by Gasteiger charge is -1.93. The molecule has 2 aromatic rings. The molecule has 0 aromatic carbocycles. The normalized spacial score (nSPS) is 9.54. The predicted octanol–water partition coefficient (Wildman–Crippen LogP) is 3.33. The molecule has 0 saturated heterocycles. The zero-order valence-electron chi connectivity index (χ0n) is 8.46. The Hall–Kier alpha value is -0.960. The van der Waals surface area contributed by atoms with E-state index in [4.69, 9.17) is 0 Å². The molecule has 0 N–H and O–H groups in total. The highest BCUT2D eigenvalue weighted by Crippen LogP contribution is 2.24. The van der Waals surface area contributed by atoms with E-state index in [2.05, 4.69) is 22.3 Å². The molecule has 0 aliphatic heterocycles. The van der Waals surface area contributed by atoms with E-state index >= 15 is 0 Å². The first kappa shape index (κ1) is 10.1. The molecule has 0 aliphatic carbocycles. The lowest BCUT2D eigenvalue weighted by molar-refractivity contribution is 1.16. The second-order valence-electron chi connectivity index (χ2n) is 2.56. The molecule has 0 aliphatic rings. The van der Waals surface area contributed by atoms with E-state index in [1.807, 2.05) is 20.8 Å². The van der Waals surface area contributed by atoms with Crippen LogP contribution in [0.3, 0.4) is 0 Å². The van der Waals surface area contributed by atoms with Gasteiger partial charge in [0, 0.05) is 11.1 Å². The summed E-state index contributed by atoms with van der Waals surface area (Å²) < 4.78 is 0. The third kappa shape index (κ3) is 1.86. The number of aryl methyl sites for hydroxylation is 2. The Balaban J connectivity index is 0.000000396. The van der Waals surface area contributed by atoms with Gasteiger partial charge in [0.2, 0.25) is 0 Å². The molecule has 0 radical (unpaired) electrons. The van der Waals surface area contributed by atoms with Gasteiger partial charge in [0.25, 0.3) is 0 Å². The summed E-state index contributed by atoms with van der Waals surface area (Å²) in [7, 11) is 0. The highest BCUT2D eigenvalue weighted by molar-refractivity contribution is 7.16. The quantitative estimate of drug-likeness (QED) is 0.643. The van der Waals surface area contributed by atoms with Crippen molar-refractivity contribution in [2.45, 2.75) is 27.7 Å². The molecular formula is C10H14N2S. The summed E-state index contributed by atoms with van der Waals surface area (Å²) in [5.74, 6) is 0. The summed E-state index contributed by atoms with van der Waals surface area (Å²) in [5, 5.41) is 3.34. The molecule has 0 saturated carbocycles. The lowest BCUT2D eigenvalue weighted by atomic mass is 10.2. The Bertz CT molecular complexity index is 393. The van der Waals surface area contributed by atoms with E-state index in [1.54, 1.807) is 17.7 Å². The first-order chi connectivity index (χ1) is 6.29. The fourth-order valence-electron chi connectivity index (χ4n) is 1.20. The SMILES string of the molecule is CC.Cc1csc2ncnc(C)c12. The van der Waals surface area contributed by atoms with Crippen LogP contribution >= 0.6 is 11.3 Å². The maximum Gasteiger partial charge on any atom is 0.127 e. The van der Waals surface area contributed by atoms with Crippen LogP contribution in [-0.2, 0) is 0 Å². The van der Waals surface area contributed by atoms with Crippen LogP contribution in [0.1, 0.15) is 25.1 Å². The number of thiophene rings is 1. The summed E-state index contributed by atoms with van der Waals surface area (Å²) in [5.41, 5.74) is 2.36. The summed E-state index contributed by atoms with van der Waals surface area (Å²) in [6.07, 6.45) is 1.62. The molecule has 0 spiro atoms. The van der Waals surface area contributed by atoms with E-state index in [0.717, 1.165) is 10.5 Å². The predicted molar refractivity (Wildman–Crippen MR) is 58.2 cm³/mol. The van der Waals surface area contributed by atoms with Crippen LogP contribution in [0.4, 0.5) is 0 Å². The molecule has 0 fully saturated rings. The first-order valence-electron chi connectivity index (χ1n) is 4.44. The average Bonchev–Trinajstić information content (AvgIpc) is 2.53. The standard InChI is InChI=1S/C8H8N2S.C2H6/c1-5-3-11-8-7(5)6(2)9-4-10-8;1-2/h3-4H,1-2H3;1-2H3. The van der Waals surface area contributed by atoms with E-state index in [1.165, 1.54) is 10.9 Å². The van der Waals surface area contributed by atoms with E-state index in [-0.39, 0.29) is 0 Å². The third-order valence-electron chi connectivity index (χ3n) is 1.74. The van der Waals surface area contributed by atoms with Gasteiger partial charge in [-0.1, -0.05) is 13.8 Å². The molecule has 13 heavy (non-hydrogen) atoms. The number of hydrogen-bond acceptors (Lipinski definition) is 3. The van der Waals surface area contributed by atoms with Gasteiger partial charge in [-0.2, -0.15) is 0 Å². The van der Waals surface area contributed by atoms with Crippen LogP contribution in [0.2, 0.25) is 0 Å². The van der Waals surface area contributed by atoms with Crippen molar-refractivity contribution >= 4 is 21.6 Å². The molecule has 0 bridgehead atoms. The first-order valence-corrected chi connectivity index (χ1v) is 5.32. The number of hydrogen-bond donors (Lipinski definition) is 0. The fraction of sp³-hybridized carbons (Fsp3) is 0.400. The van der Waals surface area contributed by atoms with Gasteiger partial charge in [0.05, 0.1) is 0 Å². The second-order valence-corrected chi connectivity index (χ2v) is 3.42. The molecule has 2 heterocycles. The van der Waals surface area contributed by atoms with Gasteiger partial charge in [0.15, 0.2) is 0 Å². The Morgan fingerprint density at radius 3 is 2.46 bits per heavy atom. The highest BCUT2D eigenvalue weighted by Gasteiger charge is 2.03.